The highest BCUT2D eigenvalue weighted by molar-refractivity contribution is 9.10. The van der Waals surface area contributed by atoms with Gasteiger partial charge in [-0.15, -0.1) is 0 Å². The third-order valence-corrected chi connectivity index (χ3v) is 4.25. The van der Waals surface area contributed by atoms with Crippen LogP contribution in [0.15, 0.2) is 51.4 Å². The monoisotopic (exact) mass is 382 g/mol. The van der Waals surface area contributed by atoms with E-state index < -0.39 is 0 Å². The van der Waals surface area contributed by atoms with Crippen LogP contribution >= 0.6 is 31.9 Å². The number of halogens is 2. The number of Topliss-reactive ketones (excluding diaryl/α,β-unsaturated/α-hetero) is 1. The molecular weight excluding hydrogens is 372 g/mol. The SMILES string of the molecule is COc1ccc(Br)c(C(=O)Cc2ccccc2Br)c1. The molecule has 0 saturated heterocycles. The van der Waals surface area contributed by atoms with Gasteiger partial charge in [-0.05, 0) is 29.8 Å². The third-order valence-electron chi connectivity index (χ3n) is 2.78. The van der Waals surface area contributed by atoms with Crippen LogP contribution in [-0.2, 0) is 6.42 Å². The van der Waals surface area contributed by atoms with E-state index in [-0.39, 0.29) is 5.78 Å². The van der Waals surface area contributed by atoms with Crippen molar-refractivity contribution in [3.8, 4) is 5.75 Å². The summed E-state index contributed by atoms with van der Waals surface area (Å²) in [5, 5.41) is 0. The summed E-state index contributed by atoms with van der Waals surface area (Å²) in [6, 6.07) is 13.1. The van der Waals surface area contributed by atoms with E-state index in [4.69, 9.17) is 4.74 Å². The number of benzene rings is 2. The van der Waals surface area contributed by atoms with Gasteiger partial charge in [0.15, 0.2) is 5.78 Å². The molecule has 2 nitrogen and oxygen atoms in total. The predicted octanol–water partition coefficient (Wildman–Crippen LogP) is 4.65. The Bertz CT molecular complexity index is 609. The number of ether oxygens (including phenoxy) is 1. The van der Waals surface area contributed by atoms with Gasteiger partial charge in [0.05, 0.1) is 7.11 Å². The maximum absolute atomic E-state index is 12.3. The van der Waals surface area contributed by atoms with E-state index in [1.54, 1.807) is 13.2 Å². The third kappa shape index (κ3) is 3.45. The zero-order chi connectivity index (χ0) is 13.8. The van der Waals surface area contributed by atoms with Gasteiger partial charge < -0.3 is 4.74 Å². The van der Waals surface area contributed by atoms with E-state index in [0.717, 1.165) is 14.5 Å². The summed E-state index contributed by atoms with van der Waals surface area (Å²) in [4.78, 5) is 12.3. The van der Waals surface area contributed by atoms with Crippen molar-refractivity contribution in [3.05, 3.63) is 62.5 Å². The lowest BCUT2D eigenvalue weighted by Gasteiger charge is -2.07. The average molecular weight is 384 g/mol. The van der Waals surface area contributed by atoms with Crippen LogP contribution in [-0.4, -0.2) is 12.9 Å². The molecule has 0 unspecified atom stereocenters. The highest BCUT2D eigenvalue weighted by atomic mass is 79.9. The van der Waals surface area contributed by atoms with Crippen LogP contribution in [0.3, 0.4) is 0 Å². The smallest absolute Gasteiger partial charge is 0.168 e. The molecule has 0 N–H and O–H groups in total. The van der Waals surface area contributed by atoms with E-state index in [1.165, 1.54) is 0 Å². The molecular formula is C15H12Br2O2. The molecule has 0 aromatic heterocycles. The van der Waals surface area contributed by atoms with Crippen molar-refractivity contribution in [2.45, 2.75) is 6.42 Å². The maximum atomic E-state index is 12.3. The number of rotatable bonds is 4. The van der Waals surface area contributed by atoms with Crippen molar-refractivity contribution in [1.29, 1.82) is 0 Å². The molecule has 0 saturated carbocycles. The summed E-state index contributed by atoms with van der Waals surface area (Å²) >= 11 is 6.86. The zero-order valence-corrected chi connectivity index (χ0v) is 13.5. The largest absolute Gasteiger partial charge is 0.497 e. The van der Waals surface area contributed by atoms with E-state index >= 15 is 0 Å². The summed E-state index contributed by atoms with van der Waals surface area (Å²) in [6.45, 7) is 0. The van der Waals surface area contributed by atoms with Gasteiger partial charge in [0.25, 0.3) is 0 Å². The summed E-state index contributed by atoms with van der Waals surface area (Å²) in [6.07, 6.45) is 0.354. The van der Waals surface area contributed by atoms with Crippen molar-refractivity contribution in [2.75, 3.05) is 7.11 Å². The van der Waals surface area contributed by atoms with Crippen molar-refractivity contribution in [1.82, 2.24) is 0 Å². The number of hydrogen-bond acceptors (Lipinski definition) is 2. The van der Waals surface area contributed by atoms with Crippen LogP contribution in [0.5, 0.6) is 5.75 Å². The lowest BCUT2D eigenvalue weighted by atomic mass is 10.0. The second-order valence-corrected chi connectivity index (χ2v) is 5.75. The van der Waals surface area contributed by atoms with Crippen molar-refractivity contribution in [2.24, 2.45) is 0 Å². The van der Waals surface area contributed by atoms with Gasteiger partial charge in [-0.2, -0.15) is 0 Å². The standard InChI is InChI=1S/C15H12Br2O2/c1-19-11-6-7-14(17)12(9-11)15(18)8-10-4-2-3-5-13(10)16/h2-7,9H,8H2,1H3. The Morgan fingerprint density at radius 3 is 2.53 bits per heavy atom. The lowest BCUT2D eigenvalue weighted by Crippen LogP contribution is -2.05. The fourth-order valence-corrected chi connectivity index (χ4v) is 2.65. The summed E-state index contributed by atoms with van der Waals surface area (Å²) < 4.78 is 6.88. The molecule has 0 aliphatic carbocycles. The first-order valence-electron chi connectivity index (χ1n) is 5.72. The van der Waals surface area contributed by atoms with Crippen LogP contribution in [0, 0.1) is 0 Å². The number of methoxy groups -OCH3 is 1. The Morgan fingerprint density at radius 1 is 1.11 bits per heavy atom. The van der Waals surface area contributed by atoms with Crippen LogP contribution in [0.2, 0.25) is 0 Å². The first-order chi connectivity index (χ1) is 9.11. The quantitative estimate of drug-likeness (QED) is 0.718. The molecule has 0 amide bonds. The number of hydrogen-bond donors (Lipinski definition) is 0. The van der Waals surface area contributed by atoms with Crippen LogP contribution in [0.4, 0.5) is 0 Å². The maximum Gasteiger partial charge on any atom is 0.168 e. The minimum Gasteiger partial charge on any atom is -0.497 e. The molecule has 0 atom stereocenters. The minimum atomic E-state index is 0.0534. The van der Waals surface area contributed by atoms with E-state index in [0.29, 0.717) is 17.7 Å². The first-order valence-corrected chi connectivity index (χ1v) is 7.30. The first kappa shape index (κ1) is 14.3. The predicted molar refractivity (Wildman–Crippen MR) is 82.9 cm³/mol. The Balaban J connectivity index is 2.28. The zero-order valence-electron chi connectivity index (χ0n) is 10.3. The fourth-order valence-electron chi connectivity index (χ4n) is 1.76. The number of ketones is 1. The Labute approximate surface area is 129 Å². The number of carbonyl (C=O) groups is 1. The van der Waals surface area contributed by atoms with Crippen molar-refractivity contribution >= 4 is 37.6 Å². The van der Waals surface area contributed by atoms with Gasteiger partial charge in [-0.1, -0.05) is 50.1 Å². The normalized spacial score (nSPS) is 10.3. The molecule has 0 bridgehead atoms. The molecule has 0 spiro atoms. The summed E-state index contributed by atoms with van der Waals surface area (Å²) in [5.41, 5.74) is 1.61. The second kappa shape index (κ2) is 6.35. The topological polar surface area (TPSA) is 26.3 Å². The highest BCUT2D eigenvalue weighted by Gasteiger charge is 2.13. The molecule has 98 valence electrons. The molecule has 2 aromatic carbocycles. The average Bonchev–Trinajstić information content (AvgIpc) is 2.42. The molecule has 0 radical (unpaired) electrons. The van der Waals surface area contributed by atoms with Crippen LogP contribution < -0.4 is 4.74 Å². The fraction of sp³-hybridized carbons (Fsp3) is 0.133. The molecule has 19 heavy (non-hydrogen) atoms. The van der Waals surface area contributed by atoms with Crippen LogP contribution in [0.25, 0.3) is 0 Å². The molecule has 2 rings (SSSR count). The Hall–Kier alpha value is -1.13. The van der Waals surface area contributed by atoms with E-state index in [1.807, 2.05) is 36.4 Å². The summed E-state index contributed by atoms with van der Waals surface area (Å²) in [7, 11) is 1.59. The van der Waals surface area contributed by atoms with Gasteiger partial charge in [0, 0.05) is 20.9 Å². The Morgan fingerprint density at radius 2 is 1.84 bits per heavy atom. The van der Waals surface area contributed by atoms with Gasteiger partial charge in [0.2, 0.25) is 0 Å². The molecule has 4 heteroatoms. The molecule has 0 aliphatic heterocycles. The minimum absolute atomic E-state index is 0.0534. The Kier molecular flexibility index (Phi) is 4.77. The molecule has 0 fully saturated rings. The van der Waals surface area contributed by atoms with Gasteiger partial charge in [0.1, 0.15) is 5.75 Å². The molecule has 0 heterocycles. The lowest BCUT2D eigenvalue weighted by molar-refractivity contribution is 0.0991. The number of carbonyl (C=O) groups excluding carboxylic acids is 1. The van der Waals surface area contributed by atoms with Gasteiger partial charge >= 0.3 is 0 Å². The van der Waals surface area contributed by atoms with Gasteiger partial charge in [-0.25, -0.2) is 0 Å². The van der Waals surface area contributed by atoms with E-state index in [2.05, 4.69) is 31.9 Å². The molecule has 0 aliphatic rings. The van der Waals surface area contributed by atoms with Crippen molar-refractivity contribution < 1.29 is 9.53 Å². The van der Waals surface area contributed by atoms with Gasteiger partial charge in [-0.3, -0.25) is 4.79 Å². The molecule has 2 aromatic rings. The summed E-state index contributed by atoms with van der Waals surface area (Å²) in [5.74, 6) is 0.733. The second-order valence-electron chi connectivity index (χ2n) is 4.04. The highest BCUT2D eigenvalue weighted by Crippen LogP contribution is 2.25. The van der Waals surface area contributed by atoms with Crippen molar-refractivity contribution in [3.63, 3.8) is 0 Å². The van der Waals surface area contributed by atoms with Crippen LogP contribution in [0.1, 0.15) is 15.9 Å². The van der Waals surface area contributed by atoms with E-state index in [9.17, 15) is 4.79 Å².